The number of benzene rings is 3. The maximum absolute atomic E-state index is 15.3. The fourth-order valence-electron chi connectivity index (χ4n) is 5.14. The third-order valence-corrected chi connectivity index (χ3v) is 7.28. The van der Waals surface area contributed by atoms with E-state index in [1.165, 1.54) is 47.2 Å². The normalized spacial score (nSPS) is 11.0. The van der Waals surface area contributed by atoms with E-state index in [1.54, 1.807) is 31.5 Å². The average molecular weight is 623 g/mol. The van der Waals surface area contributed by atoms with Crippen LogP contribution in [-0.2, 0) is 17.8 Å². The van der Waals surface area contributed by atoms with E-state index in [1.807, 2.05) is 24.3 Å². The number of fused-ring (bicyclic) bond motifs is 1. The number of carbonyl (C=O) groups is 1. The largest absolute Gasteiger partial charge is 0.493 e. The van der Waals surface area contributed by atoms with Crippen LogP contribution in [0.3, 0.4) is 0 Å². The molecule has 6 rings (SSSR count). The molecule has 0 unspecified atom stereocenters. The van der Waals surface area contributed by atoms with Gasteiger partial charge in [-0.1, -0.05) is 18.2 Å². The van der Waals surface area contributed by atoms with Crippen molar-refractivity contribution >= 4 is 22.6 Å². The number of nitrogens with zero attached hydrogens (tertiary/aromatic N) is 2. The molecule has 232 valence electrons. The van der Waals surface area contributed by atoms with Gasteiger partial charge in [-0.15, -0.1) is 0 Å². The van der Waals surface area contributed by atoms with Gasteiger partial charge in [-0.2, -0.15) is 0 Å². The maximum atomic E-state index is 15.3. The van der Waals surface area contributed by atoms with Crippen molar-refractivity contribution in [1.82, 2.24) is 14.5 Å². The molecule has 0 spiro atoms. The standard InChI is InChI=1S/C35H28F2N4O5/c1-2-45-29-13-15-41(25-9-6-23(36)7-10-25)35(44)26(29)18-32(43)40-24-8-11-30(28(37)17-24)46-31-12-14-38-34-33(31)27(19-39-34)22-5-3-4-21(16-22)20-42/h3-17,19,42H,2,18,20H2,1H3,(H,38,39)(H,40,43). The highest BCUT2D eigenvalue weighted by molar-refractivity contribution is 5.98. The lowest BCUT2D eigenvalue weighted by atomic mass is 10.0. The van der Waals surface area contributed by atoms with Crippen LogP contribution in [0.2, 0.25) is 0 Å². The molecule has 3 heterocycles. The minimum Gasteiger partial charge on any atom is -0.493 e. The molecular weight excluding hydrogens is 594 g/mol. The van der Waals surface area contributed by atoms with Crippen LogP contribution in [0.15, 0.2) is 102 Å². The average Bonchev–Trinajstić information content (AvgIpc) is 3.50. The molecule has 0 aliphatic carbocycles. The molecule has 0 radical (unpaired) electrons. The summed E-state index contributed by atoms with van der Waals surface area (Å²) >= 11 is 0. The summed E-state index contributed by atoms with van der Waals surface area (Å²) in [6.07, 6.45) is 4.46. The van der Waals surface area contributed by atoms with Gasteiger partial charge in [-0.3, -0.25) is 14.2 Å². The van der Waals surface area contributed by atoms with E-state index < -0.39 is 23.1 Å². The molecular formula is C35H28F2N4O5. The number of carbonyl (C=O) groups excluding carboxylic acids is 1. The highest BCUT2D eigenvalue weighted by Crippen LogP contribution is 2.37. The molecule has 0 fully saturated rings. The van der Waals surface area contributed by atoms with Crippen LogP contribution in [-0.4, -0.2) is 32.2 Å². The van der Waals surface area contributed by atoms with E-state index in [4.69, 9.17) is 9.47 Å². The molecule has 1 amide bonds. The molecule has 0 aliphatic rings. The number of nitrogens with one attached hydrogen (secondary N) is 2. The molecule has 6 aromatic rings. The van der Waals surface area contributed by atoms with Gasteiger partial charge in [-0.25, -0.2) is 13.8 Å². The van der Waals surface area contributed by atoms with E-state index >= 15 is 4.39 Å². The Hall–Kier alpha value is -5.81. The predicted octanol–water partition coefficient (Wildman–Crippen LogP) is 6.52. The molecule has 3 aromatic carbocycles. The number of ether oxygens (including phenoxy) is 2. The zero-order valence-corrected chi connectivity index (χ0v) is 24.6. The second-order valence-corrected chi connectivity index (χ2v) is 10.3. The lowest BCUT2D eigenvalue weighted by molar-refractivity contribution is -0.115. The Balaban J connectivity index is 1.23. The van der Waals surface area contributed by atoms with E-state index in [9.17, 15) is 19.1 Å². The number of rotatable bonds is 10. The zero-order valence-electron chi connectivity index (χ0n) is 24.6. The molecule has 9 nitrogen and oxygen atoms in total. The number of anilines is 1. The van der Waals surface area contributed by atoms with Gasteiger partial charge < -0.3 is 24.9 Å². The number of halogens is 2. The topological polar surface area (TPSA) is 118 Å². The Labute approximate surface area is 261 Å². The van der Waals surface area contributed by atoms with Gasteiger partial charge in [-0.05, 0) is 72.6 Å². The summed E-state index contributed by atoms with van der Waals surface area (Å²) in [5.74, 6) is -1.22. The number of amides is 1. The first kappa shape index (κ1) is 30.2. The number of hydrogen-bond acceptors (Lipinski definition) is 6. The lowest BCUT2D eigenvalue weighted by Gasteiger charge is -2.14. The lowest BCUT2D eigenvalue weighted by Crippen LogP contribution is -2.26. The van der Waals surface area contributed by atoms with Gasteiger partial charge in [0.15, 0.2) is 11.6 Å². The first-order chi connectivity index (χ1) is 22.3. The summed E-state index contributed by atoms with van der Waals surface area (Å²) < 4.78 is 41.7. The molecule has 0 aliphatic heterocycles. The Morgan fingerprint density at radius 1 is 1.00 bits per heavy atom. The maximum Gasteiger partial charge on any atom is 0.262 e. The fraction of sp³-hybridized carbons (Fsp3) is 0.114. The van der Waals surface area contributed by atoms with Crippen molar-refractivity contribution in [1.29, 1.82) is 0 Å². The Morgan fingerprint density at radius 3 is 2.59 bits per heavy atom. The summed E-state index contributed by atoms with van der Waals surface area (Å²) in [5.41, 5.74) is 3.04. The van der Waals surface area contributed by atoms with Crippen molar-refractivity contribution in [3.05, 3.63) is 131 Å². The molecule has 11 heteroatoms. The highest BCUT2D eigenvalue weighted by Gasteiger charge is 2.19. The third kappa shape index (κ3) is 6.21. The molecule has 0 saturated carbocycles. The van der Waals surface area contributed by atoms with Crippen LogP contribution in [0.5, 0.6) is 17.2 Å². The van der Waals surface area contributed by atoms with Gasteiger partial charge >= 0.3 is 0 Å². The van der Waals surface area contributed by atoms with E-state index in [-0.39, 0.29) is 42.4 Å². The Morgan fingerprint density at radius 2 is 1.83 bits per heavy atom. The Kier molecular flexibility index (Phi) is 8.57. The number of pyridine rings is 2. The van der Waals surface area contributed by atoms with Crippen molar-refractivity contribution in [3.8, 4) is 34.1 Å². The van der Waals surface area contributed by atoms with E-state index in [0.717, 1.165) is 22.8 Å². The van der Waals surface area contributed by atoms with Gasteiger partial charge in [0, 0.05) is 41.6 Å². The first-order valence-corrected chi connectivity index (χ1v) is 14.4. The molecule has 0 atom stereocenters. The Bertz CT molecular complexity index is 2110. The smallest absolute Gasteiger partial charge is 0.262 e. The highest BCUT2D eigenvalue weighted by atomic mass is 19.1. The summed E-state index contributed by atoms with van der Waals surface area (Å²) in [5, 5.41) is 12.8. The molecule has 0 saturated heterocycles. The van der Waals surface area contributed by atoms with Crippen LogP contribution in [0.25, 0.3) is 27.8 Å². The number of H-pyrrole nitrogens is 1. The number of hydrogen-bond donors (Lipinski definition) is 3. The number of aromatic nitrogens is 3. The first-order valence-electron chi connectivity index (χ1n) is 14.4. The molecule has 3 aromatic heterocycles. The number of aliphatic hydroxyl groups is 1. The van der Waals surface area contributed by atoms with E-state index in [0.29, 0.717) is 22.5 Å². The van der Waals surface area contributed by atoms with Gasteiger partial charge in [0.05, 0.1) is 30.6 Å². The molecule has 3 N–H and O–H groups in total. The van der Waals surface area contributed by atoms with E-state index in [2.05, 4.69) is 15.3 Å². The van der Waals surface area contributed by atoms with Crippen LogP contribution in [0, 0.1) is 11.6 Å². The zero-order chi connectivity index (χ0) is 32.2. The van der Waals surface area contributed by atoms with Gasteiger partial charge in [0.1, 0.15) is 23.0 Å². The third-order valence-electron chi connectivity index (χ3n) is 7.28. The predicted molar refractivity (Wildman–Crippen MR) is 169 cm³/mol. The minimum atomic E-state index is -0.726. The molecule has 46 heavy (non-hydrogen) atoms. The van der Waals surface area contributed by atoms with Gasteiger partial charge in [0.25, 0.3) is 5.56 Å². The van der Waals surface area contributed by atoms with Crippen LogP contribution in [0.4, 0.5) is 14.5 Å². The summed E-state index contributed by atoms with van der Waals surface area (Å²) in [6, 6.07) is 20.0. The second kappa shape index (κ2) is 13.0. The van der Waals surface area contributed by atoms with Crippen LogP contribution >= 0.6 is 0 Å². The minimum absolute atomic E-state index is 0.0781. The van der Waals surface area contributed by atoms with Crippen molar-refractivity contribution in [2.75, 3.05) is 11.9 Å². The number of aromatic amines is 1. The van der Waals surface area contributed by atoms with Crippen molar-refractivity contribution in [3.63, 3.8) is 0 Å². The van der Waals surface area contributed by atoms with Crippen LogP contribution in [0.1, 0.15) is 18.1 Å². The van der Waals surface area contributed by atoms with Crippen LogP contribution < -0.4 is 20.3 Å². The molecule has 0 bridgehead atoms. The summed E-state index contributed by atoms with van der Waals surface area (Å²) in [6.45, 7) is 1.91. The second-order valence-electron chi connectivity index (χ2n) is 10.3. The van der Waals surface area contributed by atoms with Crippen molar-refractivity contribution < 1.29 is 28.2 Å². The fourth-order valence-corrected chi connectivity index (χ4v) is 5.14. The summed E-state index contributed by atoms with van der Waals surface area (Å²) in [4.78, 5) is 33.9. The SMILES string of the molecule is CCOc1ccn(-c2ccc(F)cc2)c(=O)c1CC(=O)Nc1ccc(Oc2ccnc3[nH]cc(-c4cccc(CO)c4)c23)c(F)c1. The summed E-state index contributed by atoms with van der Waals surface area (Å²) in [7, 11) is 0. The quantitative estimate of drug-likeness (QED) is 0.160. The van der Waals surface area contributed by atoms with Crippen molar-refractivity contribution in [2.45, 2.75) is 20.0 Å². The van der Waals surface area contributed by atoms with Gasteiger partial charge in [0.2, 0.25) is 5.91 Å². The monoisotopic (exact) mass is 622 g/mol. The van der Waals surface area contributed by atoms with Crippen molar-refractivity contribution in [2.24, 2.45) is 0 Å². The number of aliphatic hydroxyl groups excluding tert-OH is 1.